The molecule has 1 fully saturated rings. The van der Waals surface area contributed by atoms with Gasteiger partial charge < -0.3 is 4.90 Å². The highest BCUT2D eigenvalue weighted by atomic mass is 127. The van der Waals surface area contributed by atoms with Crippen LogP contribution in [0.1, 0.15) is 13.3 Å². The maximum atomic E-state index is 10.9. The van der Waals surface area contributed by atoms with Gasteiger partial charge in [0.15, 0.2) is 0 Å². The summed E-state index contributed by atoms with van der Waals surface area (Å²) in [5.41, 5.74) is 0. The van der Waals surface area contributed by atoms with Crippen LogP contribution in [-0.2, 0) is 4.79 Å². The Bertz CT molecular complexity index is 163. The van der Waals surface area contributed by atoms with Crippen molar-refractivity contribution in [2.45, 2.75) is 19.4 Å². The van der Waals surface area contributed by atoms with Gasteiger partial charge in [0, 0.05) is 56.0 Å². The van der Waals surface area contributed by atoms with E-state index in [1.807, 2.05) is 11.9 Å². The highest BCUT2D eigenvalue weighted by molar-refractivity contribution is 14.1. The Labute approximate surface area is 81.2 Å². The molecule has 1 atom stereocenters. The second-order valence-electron chi connectivity index (χ2n) is 2.94. The standard InChI is InChI=1S/C7H13IN2O/c1-6(11)9(2)7-3-4-10(8)5-7/h7H,3-5H2,1-2H3. The van der Waals surface area contributed by atoms with E-state index >= 15 is 0 Å². The molecule has 1 aliphatic heterocycles. The predicted octanol–water partition coefficient (Wildman–Crippen LogP) is 0.889. The number of carbonyl (C=O) groups is 1. The van der Waals surface area contributed by atoms with Crippen LogP contribution in [0.25, 0.3) is 0 Å². The van der Waals surface area contributed by atoms with E-state index in [0.29, 0.717) is 6.04 Å². The maximum absolute atomic E-state index is 10.9. The van der Waals surface area contributed by atoms with E-state index < -0.39 is 0 Å². The molecule has 0 saturated carbocycles. The Morgan fingerprint density at radius 1 is 1.73 bits per heavy atom. The number of hydrogen-bond acceptors (Lipinski definition) is 2. The molecule has 0 radical (unpaired) electrons. The van der Waals surface area contributed by atoms with Crippen molar-refractivity contribution in [2.24, 2.45) is 0 Å². The molecular weight excluding hydrogens is 255 g/mol. The molecule has 1 heterocycles. The van der Waals surface area contributed by atoms with E-state index in [1.165, 1.54) is 0 Å². The lowest BCUT2D eigenvalue weighted by atomic mass is 10.2. The molecular formula is C7H13IN2O. The quantitative estimate of drug-likeness (QED) is 0.521. The van der Waals surface area contributed by atoms with Crippen LogP contribution in [0.15, 0.2) is 0 Å². The third kappa shape index (κ3) is 2.30. The minimum Gasteiger partial charge on any atom is -0.342 e. The number of nitrogens with zero attached hydrogens (tertiary/aromatic N) is 2. The van der Waals surface area contributed by atoms with Crippen LogP contribution in [0.4, 0.5) is 0 Å². The molecule has 1 unspecified atom stereocenters. The maximum Gasteiger partial charge on any atom is 0.219 e. The van der Waals surface area contributed by atoms with Gasteiger partial charge in [-0.05, 0) is 6.42 Å². The molecule has 1 aliphatic rings. The van der Waals surface area contributed by atoms with Crippen molar-refractivity contribution in [3.05, 3.63) is 0 Å². The van der Waals surface area contributed by atoms with Crippen LogP contribution in [0, 0.1) is 0 Å². The summed E-state index contributed by atoms with van der Waals surface area (Å²) >= 11 is 2.30. The molecule has 0 bridgehead atoms. The summed E-state index contributed by atoms with van der Waals surface area (Å²) in [6.07, 6.45) is 1.11. The number of hydrogen-bond donors (Lipinski definition) is 0. The lowest BCUT2D eigenvalue weighted by Crippen LogP contribution is -2.36. The van der Waals surface area contributed by atoms with Gasteiger partial charge in [0.1, 0.15) is 0 Å². The summed E-state index contributed by atoms with van der Waals surface area (Å²) in [6.45, 7) is 3.73. The second-order valence-corrected chi connectivity index (χ2v) is 4.31. The number of halogens is 1. The second kappa shape index (κ2) is 3.71. The smallest absolute Gasteiger partial charge is 0.219 e. The Morgan fingerprint density at radius 2 is 2.36 bits per heavy atom. The first-order valence-corrected chi connectivity index (χ1v) is 4.72. The predicted molar refractivity (Wildman–Crippen MR) is 52.4 cm³/mol. The molecule has 11 heavy (non-hydrogen) atoms. The van der Waals surface area contributed by atoms with Gasteiger partial charge in [0.2, 0.25) is 5.91 Å². The van der Waals surface area contributed by atoms with Gasteiger partial charge in [0.05, 0.1) is 0 Å². The third-order valence-corrected chi connectivity index (χ3v) is 3.03. The summed E-state index contributed by atoms with van der Waals surface area (Å²) < 4.78 is 2.22. The Hall–Kier alpha value is 0.160. The van der Waals surface area contributed by atoms with Gasteiger partial charge in [-0.1, -0.05) is 0 Å². The fourth-order valence-corrected chi connectivity index (χ4v) is 2.01. The van der Waals surface area contributed by atoms with Crippen LogP contribution in [-0.4, -0.2) is 40.1 Å². The van der Waals surface area contributed by atoms with E-state index in [-0.39, 0.29) is 5.91 Å². The number of carbonyl (C=O) groups excluding carboxylic acids is 1. The largest absolute Gasteiger partial charge is 0.342 e. The summed E-state index contributed by atoms with van der Waals surface area (Å²) in [6, 6.07) is 0.435. The van der Waals surface area contributed by atoms with Crippen molar-refractivity contribution in [2.75, 3.05) is 20.1 Å². The third-order valence-electron chi connectivity index (χ3n) is 2.16. The molecule has 0 aromatic rings. The van der Waals surface area contributed by atoms with Crippen molar-refractivity contribution in [1.29, 1.82) is 0 Å². The normalized spacial score (nSPS) is 25.5. The average molecular weight is 268 g/mol. The SMILES string of the molecule is CC(=O)N(C)C1CCN(I)C1. The molecule has 3 nitrogen and oxygen atoms in total. The van der Waals surface area contributed by atoms with Gasteiger partial charge >= 0.3 is 0 Å². The van der Waals surface area contributed by atoms with Crippen LogP contribution in [0.2, 0.25) is 0 Å². The average Bonchev–Trinajstić information content (AvgIpc) is 2.34. The van der Waals surface area contributed by atoms with Gasteiger partial charge in [-0.15, -0.1) is 0 Å². The zero-order valence-corrected chi connectivity index (χ0v) is 9.04. The first-order chi connectivity index (χ1) is 5.11. The van der Waals surface area contributed by atoms with Crippen molar-refractivity contribution in [3.8, 4) is 0 Å². The highest BCUT2D eigenvalue weighted by Gasteiger charge is 2.25. The minimum absolute atomic E-state index is 0.168. The first-order valence-electron chi connectivity index (χ1n) is 3.75. The molecule has 0 aliphatic carbocycles. The number of amides is 1. The number of likely N-dealkylation sites (N-methyl/N-ethyl adjacent to an activating group) is 1. The molecule has 0 aromatic carbocycles. The van der Waals surface area contributed by atoms with Crippen molar-refractivity contribution < 1.29 is 4.79 Å². The molecule has 0 aromatic heterocycles. The summed E-state index contributed by atoms with van der Waals surface area (Å²) in [5, 5.41) is 0. The van der Waals surface area contributed by atoms with E-state index in [0.717, 1.165) is 19.5 Å². The molecule has 1 rings (SSSR count). The molecule has 0 spiro atoms. The van der Waals surface area contributed by atoms with Gasteiger partial charge in [-0.2, -0.15) is 0 Å². The van der Waals surface area contributed by atoms with Gasteiger partial charge in [-0.3, -0.25) is 4.79 Å². The molecule has 64 valence electrons. The molecule has 4 heteroatoms. The summed E-state index contributed by atoms with van der Waals surface area (Å²) in [4.78, 5) is 12.8. The van der Waals surface area contributed by atoms with E-state index in [4.69, 9.17) is 0 Å². The Kier molecular flexibility index (Phi) is 3.12. The molecule has 1 saturated heterocycles. The van der Waals surface area contributed by atoms with Crippen molar-refractivity contribution >= 4 is 28.8 Å². The van der Waals surface area contributed by atoms with E-state index in [9.17, 15) is 4.79 Å². The summed E-state index contributed by atoms with van der Waals surface area (Å²) in [7, 11) is 1.88. The van der Waals surface area contributed by atoms with Crippen molar-refractivity contribution in [1.82, 2.24) is 8.01 Å². The van der Waals surface area contributed by atoms with E-state index in [1.54, 1.807) is 6.92 Å². The van der Waals surface area contributed by atoms with Crippen LogP contribution in [0.3, 0.4) is 0 Å². The van der Waals surface area contributed by atoms with Gasteiger partial charge in [0.25, 0.3) is 0 Å². The van der Waals surface area contributed by atoms with Crippen molar-refractivity contribution in [3.63, 3.8) is 0 Å². The monoisotopic (exact) mass is 268 g/mol. The highest BCUT2D eigenvalue weighted by Crippen LogP contribution is 2.17. The lowest BCUT2D eigenvalue weighted by molar-refractivity contribution is -0.129. The van der Waals surface area contributed by atoms with E-state index in [2.05, 4.69) is 26.0 Å². The fraction of sp³-hybridized carbons (Fsp3) is 0.857. The summed E-state index contributed by atoms with van der Waals surface area (Å²) in [5.74, 6) is 0.168. The zero-order valence-electron chi connectivity index (χ0n) is 6.88. The molecule has 0 N–H and O–H groups in total. The zero-order chi connectivity index (χ0) is 8.43. The Balaban J connectivity index is 2.43. The van der Waals surface area contributed by atoms with Gasteiger partial charge in [-0.25, -0.2) is 3.11 Å². The minimum atomic E-state index is 0.168. The topological polar surface area (TPSA) is 23.6 Å². The Morgan fingerprint density at radius 3 is 2.73 bits per heavy atom. The lowest BCUT2D eigenvalue weighted by Gasteiger charge is -2.22. The first kappa shape index (κ1) is 9.25. The number of rotatable bonds is 1. The fourth-order valence-electron chi connectivity index (χ4n) is 1.27. The van der Waals surface area contributed by atoms with Crippen LogP contribution in [0.5, 0.6) is 0 Å². The van der Waals surface area contributed by atoms with Crippen LogP contribution < -0.4 is 0 Å². The van der Waals surface area contributed by atoms with Crippen LogP contribution >= 0.6 is 22.9 Å². The molecule has 1 amide bonds.